The van der Waals surface area contributed by atoms with Crippen molar-refractivity contribution in [2.45, 2.75) is 19.8 Å². The summed E-state index contributed by atoms with van der Waals surface area (Å²) < 4.78 is 0. The van der Waals surface area contributed by atoms with E-state index in [4.69, 9.17) is 11.1 Å². The van der Waals surface area contributed by atoms with Crippen molar-refractivity contribution in [3.8, 4) is 0 Å². The number of hydrogen-bond donors (Lipinski definition) is 2. The Balaban J connectivity index is 2.11. The van der Waals surface area contributed by atoms with Gasteiger partial charge in [-0.1, -0.05) is 18.3 Å². The number of thiazole rings is 1. The Morgan fingerprint density at radius 1 is 1.73 bits per heavy atom. The molecule has 1 fully saturated rings. The van der Waals surface area contributed by atoms with E-state index in [-0.39, 0.29) is 5.84 Å². The largest absolute Gasteiger partial charge is 0.383 e. The maximum atomic E-state index is 7.33. The Hall–Kier alpha value is -1.10. The minimum absolute atomic E-state index is 0.115. The number of rotatable bonds is 2. The van der Waals surface area contributed by atoms with Gasteiger partial charge in [0.1, 0.15) is 5.84 Å². The van der Waals surface area contributed by atoms with Crippen LogP contribution < -0.4 is 10.6 Å². The minimum Gasteiger partial charge on any atom is -0.383 e. The van der Waals surface area contributed by atoms with Crippen LogP contribution in [0.2, 0.25) is 0 Å². The van der Waals surface area contributed by atoms with Gasteiger partial charge in [-0.25, -0.2) is 4.98 Å². The highest BCUT2D eigenvalue weighted by Gasteiger charge is 2.19. The molecular weight excluding hydrogens is 208 g/mol. The number of nitrogens with zero attached hydrogens (tertiary/aromatic N) is 2. The van der Waals surface area contributed by atoms with E-state index < -0.39 is 0 Å². The van der Waals surface area contributed by atoms with Gasteiger partial charge in [-0.15, -0.1) is 0 Å². The normalized spacial score (nSPS) is 21.7. The van der Waals surface area contributed by atoms with Gasteiger partial charge < -0.3 is 10.6 Å². The number of amidine groups is 1. The minimum atomic E-state index is 0.115. The molecule has 0 bridgehead atoms. The second kappa shape index (κ2) is 4.18. The van der Waals surface area contributed by atoms with Crippen molar-refractivity contribution in [2.24, 2.45) is 11.7 Å². The summed E-state index contributed by atoms with van der Waals surface area (Å²) in [5.74, 6) is 0.854. The third-order valence-electron chi connectivity index (χ3n) is 2.69. The average molecular weight is 224 g/mol. The zero-order valence-electron chi connectivity index (χ0n) is 8.86. The van der Waals surface area contributed by atoms with Crippen LogP contribution in [0.3, 0.4) is 0 Å². The molecule has 0 aromatic carbocycles. The van der Waals surface area contributed by atoms with Gasteiger partial charge in [-0.2, -0.15) is 0 Å². The van der Waals surface area contributed by atoms with Gasteiger partial charge in [-0.05, 0) is 18.8 Å². The van der Waals surface area contributed by atoms with Crippen molar-refractivity contribution in [1.82, 2.24) is 4.98 Å². The summed E-state index contributed by atoms with van der Waals surface area (Å²) in [5.41, 5.74) is 5.42. The lowest BCUT2D eigenvalue weighted by molar-refractivity contribution is 0.446. The highest BCUT2D eigenvalue weighted by molar-refractivity contribution is 7.17. The zero-order chi connectivity index (χ0) is 10.8. The van der Waals surface area contributed by atoms with Gasteiger partial charge in [0.05, 0.1) is 11.1 Å². The maximum Gasteiger partial charge on any atom is 0.185 e. The predicted octanol–water partition coefficient (Wildman–Crippen LogP) is 1.66. The van der Waals surface area contributed by atoms with Crippen LogP contribution in [0.4, 0.5) is 5.13 Å². The first-order valence-electron chi connectivity index (χ1n) is 5.22. The molecule has 0 aliphatic carbocycles. The molecule has 3 N–H and O–H groups in total. The fraction of sp³-hybridized carbons (Fsp3) is 0.600. The van der Waals surface area contributed by atoms with Crippen molar-refractivity contribution in [1.29, 1.82) is 5.41 Å². The number of anilines is 1. The van der Waals surface area contributed by atoms with Gasteiger partial charge in [0.15, 0.2) is 5.13 Å². The molecule has 1 aliphatic rings. The van der Waals surface area contributed by atoms with Crippen LogP contribution in [0, 0.1) is 11.3 Å². The topological polar surface area (TPSA) is 66.0 Å². The molecule has 1 atom stereocenters. The summed E-state index contributed by atoms with van der Waals surface area (Å²) in [6, 6.07) is 0. The standard InChI is InChI=1S/C10H16N4S/c1-7-3-2-4-14(6-7)10-13-5-8(15-10)9(11)12/h5,7H,2-4,6H2,1H3,(H3,11,12). The first-order valence-corrected chi connectivity index (χ1v) is 6.03. The summed E-state index contributed by atoms with van der Waals surface area (Å²) in [7, 11) is 0. The van der Waals surface area contributed by atoms with E-state index in [9.17, 15) is 0 Å². The molecule has 15 heavy (non-hydrogen) atoms. The van der Waals surface area contributed by atoms with E-state index in [1.54, 1.807) is 6.20 Å². The van der Waals surface area contributed by atoms with Crippen molar-refractivity contribution < 1.29 is 0 Å². The van der Waals surface area contributed by atoms with Crippen molar-refractivity contribution in [3.63, 3.8) is 0 Å². The van der Waals surface area contributed by atoms with Crippen molar-refractivity contribution in [3.05, 3.63) is 11.1 Å². The lowest BCUT2D eigenvalue weighted by Gasteiger charge is -2.30. The zero-order valence-corrected chi connectivity index (χ0v) is 9.68. The molecule has 1 saturated heterocycles. The van der Waals surface area contributed by atoms with Crippen LogP contribution in [-0.4, -0.2) is 23.9 Å². The van der Waals surface area contributed by atoms with Gasteiger partial charge in [-0.3, -0.25) is 5.41 Å². The fourth-order valence-electron chi connectivity index (χ4n) is 1.90. The highest BCUT2D eigenvalue weighted by atomic mass is 32.1. The lowest BCUT2D eigenvalue weighted by Crippen LogP contribution is -2.34. The van der Waals surface area contributed by atoms with E-state index in [1.807, 2.05) is 0 Å². The highest BCUT2D eigenvalue weighted by Crippen LogP contribution is 2.26. The summed E-state index contributed by atoms with van der Waals surface area (Å²) >= 11 is 1.51. The lowest BCUT2D eigenvalue weighted by atomic mass is 10.0. The Kier molecular flexibility index (Phi) is 2.90. The summed E-state index contributed by atoms with van der Waals surface area (Å²) in [5, 5.41) is 8.34. The Bertz CT molecular complexity index is 360. The molecule has 1 aromatic rings. The van der Waals surface area contributed by atoms with Crippen LogP contribution >= 0.6 is 11.3 Å². The van der Waals surface area contributed by atoms with Crippen LogP contribution in [-0.2, 0) is 0 Å². The van der Waals surface area contributed by atoms with Crippen molar-refractivity contribution >= 4 is 22.3 Å². The number of nitrogens with two attached hydrogens (primary N) is 1. The van der Waals surface area contributed by atoms with Crippen LogP contribution in [0.15, 0.2) is 6.20 Å². The average Bonchev–Trinajstić information content (AvgIpc) is 2.66. The number of aromatic nitrogens is 1. The van der Waals surface area contributed by atoms with E-state index in [2.05, 4.69) is 16.8 Å². The Morgan fingerprint density at radius 3 is 3.13 bits per heavy atom. The number of nitrogen functional groups attached to an aromatic ring is 1. The van der Waals surface area contributed by atoms with Crippen molar-refractivity contribution in [2.75, 3.05) is 18.0 Å². The van der Waals surface area contributed by atoms with E-state index in [0.717, 1.165) is 29.0 Å². The second-order valence-corrected chi connectivity index (χ2v) is 5.12. The van der Waals surface area contributed by atoms with Gasteiger partial charge >= 0.3 is 0 Å². The second-order valence-electron chi connectivity index (χ2n) is 4.11. The molecule has 0 radical (unpaired) electrons. The summed E-state index contributed by atoms with van der Waals surface area (Å²) in [6.45, 7) is 4.42. The number of nitrogens with one attached hydrogen (secondary N) is 1. The van der Waals surface area contributed by atoms with Crippen LogP contribution in [0.25, 0.3) is 0 Å². The molecule has 1 aliphatic heterocycles. The summed E-state index contributed by atoms with van der Waals surface area (Å²) in [6.07, 6.45) is 4.24. The molecule has 5 heteroatoms. The third-order valence-corrected chi connectivity index (χ3v) is 3.78. The quantitative estimate of drug-likeness (QED) is 0.593. The van der Waals surface area contributed by atoms with Gasteiger partial charge in [0.2, 0.25) is 0 Å². The fourth-order valence-corrected chi connectivity index (χ4v) is 2.71. The number of hydrogen-bond acceptors (Lipinski definition) is 4. The SMILES string of the molecule is CC1CCCN(c2ncc(C(=N)N)s2)C1. The maximum absolute atomic E-state index is 7.33. The first-order chi connectivity index (χ1) is 7.16. The van der Waals surface area contributed by atoms with Crippen LogP contribution in [0.1, 0.15) is 24.6 Å². The molecule has 2 rings (SSSR count). The van der Waals surface area contributed by atoms with E-state index >= 15 is 0 Å². The molecule has 1 unspecified atom stereocenters. The first kappa shape index (κ1) is 10.4. The third kappa shape index (κ3) is 2.28. The van der Waals surface area contributed by atoms with E-state index in [0.29, 0.717) is 0 Å². The van der Waals surface area contributed by atoms with Gasteiger partial charge in [0, 0.05) is 13.1 Å². The molecule has 0 spiro atoms. The molecular formula is C10H16N4S. The smallest absolute Gasteiger partial charge is 0.185 e. The van der Waals surface area contributed by atoms with E-state index in [1.165, 1.54) is 24.2 Å². The van der Waals surface area contributed by atoms with Gasteiger partial charge in [0.25, 0.3) is 0 Å². The summed E-state index contributed by atoms with van der Waals surface area (Å²) in [4.78, 5) is 7.38. The molecule has 0 amide bonds. The molecule has 82 valence electrons. The molecule has 0 saturated carbocycles. The Morgan fingerprint density at radius 2 is 2.53 bits per heavy atom. The monoisotopic (exact) mass is 224 g/mol. The Labute approximate surface area is 93.6 Å². The molecule has 1 aromatic heterocycles. The van der Waals surface area contributed by atoms with Crippen LogP contribution in [0.5, 0.6) is 0 Å². The predicted molar refractivity (Wildman–Crippen MR) is 63.7 cm³/mol. The number of piperidine rings is 1. The molecule has 2 heterocycles. The molecule has 4 nitrogen and oxygen atoms in total.